The third-order valence-electron chi connectivity index (χ3n) is 1.71. The molecule has 1 unspecified atom stereocenters. The summed E-state index contributed by atoms with van der Waals surface area (Å²) < 4.78 is 5.18. The molecule has 3 nitrogen and oxygen atoms in total. The first kappa shape index (κ1) is 8.92. The Morgan fingerprint density at radius 2 is 2.42 bits per heavy atom. The Morgan fingerprint density at radius 1 is 1.67 bits per heavy atom. The summed E-state index contributed by atoms with van der Waals surface area (Å²) >= 11 is 0. The van der Waals surface area contributed by atoms with Crippen molar-refractivity contribution in [1.82, 2.24) is 5.32 Å². The van der Waals surface area contributed by atoms with Crippen molar-refractivity contribution in [2.75, 3.05) is 13.2 Å². The molecule has 1 heterocycles. The van der Waals surface area contributed by atoms with Crippen LogP contribution in [0.2, 0.25) is 0 Å². The van der Waals surface area contributed by atoms with Gasteiger partial charge in [0.1, 0.15) is 6.61 Å². The minimum absolute atomic E-state index is 0.0156. The van der Waals surface area contributed by atoms with E-state index in [0.717, 1.165) is 6.54 Å². The van der Waals surface area contributed by atoms with Crippen LogP contribution in [-0.2, 0) is 4.74 Å². The molecule has 66 valence electrons. The molecule has 1 atom stereocenters. The second kappa shape index (κ2) is 4.01. The van der Waals surface area contributed by atoms with Gasteiger partial charge in [-0.05, 0) is 5.92 Å². The number of hydrogen-bond donors (Lipinski definition) is 1. The van der Waals surface area contributed by atoms with E-state index in [2.05, 4.69) is 30.1 Å². The third kappa shape index (κ3) is 2.16. The number of ether oxygens (including phenoxy) is 1. The molecule has 0 aromatic heterocycles. The van der Waals surface area contributed by atoms with Crippen LogP contribution in [-0.4, -0.2) is 25.2 Å². The fourth-order valence-corrected chi connectivity index (χ4v) is 0.956. The maximum absolute atomic E-state index is 5.33. The lowest BCUT2D eigenvalue weighted by molar-refractivity contribution is 0.323. The van der Waals surface area contributed by atoms with E-state index in [1.165, 1.54) is 0 Å². The Morgan fingerprint density at radius 3 is 2.83 bits per heavy atom. The number of nitrogens with zero attached hydrogens (tertiary/aromatic N) is 1. The smallest absolute Gasteiger partial charge is 0.285 e. The van der Waals surface area contributed by atoms with Crippen LogP contribution in [0.4, 0.5) is 0 Å². The quantitative estimate of drug-likeness (QED) is 0.610. The lowest BCUT2D eigenvalue weighted by atomic mass is 10.1. The fraction of sp³-hybridized carbons (Fsp3) is 0.667. The standard InChI is InChI=1S/C9H14N2O/c1-4-8(7(2)3)11-9-10-5-6-12-9/h1,7-8H,5-6H2,2-3H3,(H,10,11). The van der Waals surface area contributed by atoms with E-state index in [0.29, 0.717) is 18.5 Å². The van der Waals surface area contributed by atoms with Crippen molar-refractivity contribution in [3.8, 4) is 12.3 Å². The lowest BCUT2D eigenvalue weighted by Crippen LogP contribution is -2.37. The lowest BCUT2D eigenvalue weighted by Gasteiger charge is -2.16. The van der Waals surface area contributed by atoms with Gasteiger partial charge in [-0.3, -0.25) is 0 Å². The minimum atomic E-state index is 0.0156. The van der Waals surface area contributed by atoms with Gasteiger partial charge < -0.3 is 10.1 Å². The fourth-order valence-electron chi connectivity index (χ4n) is 0.956. The maximum atomic E-state index is 5.33. The molecule has 0 aromatic carbocycles. The molecule has 1 aliphatic rings. The number of terminal acetylenes is 1. The van der Waals surface area contributed by atoms with Crippen molar-refractivity contribution < 1.29 is 4.74 Å². The van der Waals surface area contributed by atoms with Crippen molar-refractivity contribution >= 4 is 6.02 Å². The van der Waals surface area contributed by atoms with Crippen LogP contribution in [0, 0.1) is 18.3 Å². The molecule has 0 radical (unpaired) electrons. The van der Waals surface area contributed by atoms with E-state index in [9.17, 15) is 0 Å². The molecule has 0 saturated carbocycles. The highest BCUT2D eigenvalue weighted by molar-refractivity contribution is 5.75. The molecule has 0 spiro atoms. The second-order valence-corrected chi connectivity index (χ2v) is 3.07. The molecule has 12 heavy (non-hydrogen) atoms. The Hall–Kier alpha value is -1.17. The highest BCUT2D eigenvalue weighted by Crippen LogP contribution is 2.01. The van der Waals surface area contributed by atoms with Gasteiger partial charge in [-0.1, -0.05) is 19.8 Å². The summed E-state index contributed by atoms with van der Waals surface area (Å²) in [6.45, 7) is 5.52. The van der Waals surface area contributed by atoms with E-state index in [4.69, 9.17) is 11.2 Å². The summed E-state index contributed by atoms with van der Waals surface area (Å²) in [5.41, 5.74) is 0. The first-order valence-electron chi connectivity index (χ1n) is 4.14. The first-order valence-corrected chi connectivity index (χ1v) is 4.14. The van der Waals surface area contributed by atoms with E-state index in [-0.39, 0.29) is 6.04 Å². The summed E-state index contributed by atoms with van der Waals surface area (Å²) in [7, 11) is 0. The van der Waals surface area contributed by atoms with E-state index in [1.54, 1.807) is 0 Å². The summed E-state index contributed by atoms with van der Waals surface area (Å²) in [5, 5.41) is 3.06. The molecule has 1 N–H and O–H groups in total. The molecular formula is C9H14N2O. The molecular weight excluding hydrogens is 152 g/mol. The van der Waals surface area contributed by atoms with Gasteiger partial charge in [0.25, 0.3) is 6.02 Å². The molecule has 0 saturated heterocycles. The first-order chi connectivity index (χ1) is 5.74. The molecule has 3 heteroatoms. The Bertz CT molecular complexity index is 215. The predicted octanol–water partition coefficient (Wildman–Crippen LogP) is 0.620. The van der Waals surface area contributed by atoms with Gasteiger partial charge in [-0.2, -0.15) is 0 Å². The van der Waals surface area contributed by atoms with E-state index in [1.807, 2.05) is 0 Å². The van der Waals surface area contributed by atoms with Crippen molar-refractivity contribution in [3.05, 3.63) is 0 Å². The zero-order valence-electron chi connectivity index (χ0n) is 7.50. The van der Waals surface area contributed by atoms with Gasteiger partial charge in [0.05, 0.1) is 12.6 Å². The van der Waals surface area contributed by atoms with Crippen LogP contribution in [0.5, 0.6) is 0 Å². The molecule has 1 rings (SSSR count). The highest BCUT2D eigenvalue weighted by atomic mass is 16.5. The van der Waals surface area contributed by atoms with Crippen LogP contribution in [0.25, 0.3) is 0 Å². The van der Waals surface area contributed by atoms with Crippen molar-refractivity contribution in [3.63, 3.8) is 0 Å². The monoisotopic (exact) mass is 166 g/mol. The van der Waals surface area contributed by atoms with Gasteiger partial charge in [0, 0.05) is 0 Å². The SMILES string of the molecule is C#CC(NC1=NCCO1)C(C)C. The van der Waals surface area contributed by atoms with Crippen LogP contribution >= 0.6 is 0 Å². The van der Waals surface area contributed by atoms with Crippen molar-refractivity contribution in [1.29, 1.82) is 0 Å². The van der Waals surface area contributed by atoms with Crippen LogP contribution in [0.3, 0.4) is 0 Å². The van der Waals surface area contributed by atoms with Crippen LogP contribution in [0.1, 0.15) is 13.8 Å². The topological polar surface area (TPSA) is 33.6 Å². The predicted molar refractivity (Wildman–Crippen MR) is 48.8 cm³/mol. The summed E-state index contributed by atoms with van der Waals surface area (Å²) in [6, 6.07) is 0.605. The zero-order chi connectivity index (χ0) is 8.97. The second-order valence-electron chi connectivity index (χ2n) is 3.07. The molecule has 0 aliphatic carbocycles. The van der Waals surface area contributed by atoms with Crippen LogP contribution < -0.4 is 5.32 Å². The van der Waals surface area contributed by atoms with Gasteiger partial charge >= 0.3 is 0 Å². The van der Waals surface area contributed by atoms with Gasteiger partial charge in [-0.25, -0.2) is 4.99 Å². The van der Waals surface area contributed by atoms with Crippen LogP contribution in [0.15, 0.2) is 4.99 Å². The number of aliphatic imine (C=N–C) groups is 1. The van der Waals surface area contributed by atoms with Gasteiger partial charge in [0.15, 0.2) is 0 Å². The Kier molecular flexibility index (Phi) is 2.98. The molecule has 0 amide bonds. The molecule has 1 aliphatic heterocycles. The Balaban J connectivity index is 2.43. The maximum Gasteiger partial charge on any atom is 0.285 e. The largest absolute Gasteiger partial charge is 0.463 e. The number of hydrogen-bond acceptors (Lipinski definition) is 3. The average molecular weight is 166 g/mol. The third-order valence-corrected chi connectivity index (χ3v) is 1.71. The summed E-state index contributed by atoms with van der Waals surface area (Å²) in [5.74, 6) is 3.05. The number of rotatable bonds is 2. The van der Waals surface area contributed by atoms with E-state index < -0.39 is 0 Å². The van der Waals surface area contributed by atoms with Gasteiger partial charge in [0.2, 0.25) is 0 Å². The molecule has 0 aromatic rings. The summed E-state index contributed by atoms with van der Waals surface area (Å²) in [4.78, 5) is 4.09. The minimum Gasteiger partial charge on any atom is -0.463 e. The molecule has 0 bridgehead atoms. The Labute approximate surface area is 73.2 Å². The van der Waals surface area contributed by atoms with E-state index >= 15 is 0 Å². The van der Waals surface area contributed by atoms with Crippen molar-refractivity contribution in [2.24, 2.45) is 10.9 Å². The number of nitrogens with one attached hydrogen (secondary N) is 1. The average Bonchev–Trinajstić information content (AvgIpc) is 2.51. The van der Waals surface area contributed by atoms with Gasteiger partial charge in [-0.15, -0.1) is 6.42 Å². The normalized spacial score (nSPS) is 18.0. The number of amidine groups is 1. The summed E-state index contributed by atoms with van der Waals surface area (Å²) in [6.07, 6.45) is 5.33. The molecule has 0 fully saturated rings. The highest BCUT2D eigenvalue weighted by Gasteiger charge is 2.14. The zero-order valence-corrected chi connectivity index (χ0v) is 7.50. The van der Waals surface area contributed by atoms with Crippen molar-refractivity contribution in [2.45, 2.75) is 19.9 Å².